The Kier molecular flexibility index (Phi) is 5.74. The van der Waals surface area contributed by atoms with E-state index in [0.29, 0.717) is 5.56 Å². The highest BCUT2D eigenvalue weighted by atomic mass is 127. The van der Waals surface area contributed by atoms with E-state index in [1.807, 2.05) is 24.3 Å². The number of carbonyl (C=O) groups excluding carboxylic acids is 1. The van der Waals surface area contributed by atoms with Gasteiger partial charge in [0.05, 0.1) is 6.10 Å². The third-order valence-corrected chi connectivity index (χ3v) is 4.78. The molecule has 1 aromatic carbocycles. The van der Waals surface area contributed by atoms with E-state index in [1.165, 1.54) is 7.05 Å². The minimum Gasteiger partial charge on any atom is -0.388 e. The Balaban J connectivity index is 1.80. The molecule has 10 nitrogen and oxygen atoms in total. The zero-order chi connectivity index (χ0) is 20.4. The topological polar surface area (TPSA) is 146 Å². The molecule has 2 aromatic heterocycles. The van der Waals surface area contributed by atoms with Crippen LogP contribution in [0.15, 0.2) is 44.6 Å². The molecule has 0 aliphatic rings. The van der Waals surface area contributed by atoms with Crippen molar-refractivity contribution in [2.75, 3.05) is 0 Å². The van der Waals surface area contributed by atoms with Crippen molar-refractivity contribution in [3.63, 3.8) is 0 Å². The minimum atomic E-state index is -0.943. The van der Waals surface area contributed by atoms with E-state index in [0.717, 1.165) is 18.9 Å². The first-order chi connectivity index (χ1) is 13.3. The van der Waals surface area contributed by atoms with Crippen LogP contribution in [0, 0.1) is 3.57 Å². The molecular weight excluding hydrogens is 481 g/mol. The number of amides is 1. The summed E-state index contributed by atoms with van der Waals surface area (Å²) in [5, 5.41) is 14.1. The van der Waals surface area contributed by atoms with Crippen LogP contribution < -0.4 is 17.0 Å². The van der Waals surface area contributed by atoms with E-state index in [1.54, 1.807) is 0 Å². The standard InChI is InChI=1S/C17H16IN5O5/c1-22-16(26)11(15(19)25)7-23(17(22)27)8-14-20-13(21-28-14)6-12(24)9-2-4-10(18)5-3-9/h2-5,7,12,24H,6,8H2,1H3,(H2,19,25)/t12-/m0/s1. The van der Waals surface area contributed by atoms with E-state index in [9.17, 15) is 19.5 Å². The van der Waals surface area contributed by atoms with E-state index < -0.39 is 23.3 Å². The molecule has 28 heavy (non-hydrogen) atoms. The Morgan fingerprint density at radius 2 is 2.00 bits per heavy atom. The summed E-state index contributed by atoms with van der Waals surface area (Å²) < 4.78 is 8.02. The Morgan fingerprint density at radius 3 is 2.64 bits per heavy atom. The Labute approximate surface area is 171 Å². The van der Waals surface area contributed by atoms with E-state index in [4.69, 9.17) is 10.3 Å². The summed E-state index contributed by atoms with van der Waals surface area (Å²) in [5.41, 5.74) is 4.13. The predicted octanol–water partition coefficient (Wildman–Crippen LogP) is -0.0421. The van der Waals surface area contributed by atoms with Gasteiger partial charge in [0, 0.05) is 23.2 Å². The largest absolute Gasteiger partial charge is 0.388 e. The molecule has 0 saturated heterocycles. The number of aliphatic hydroxyl groups excluding tert-OH is 1. The van der Waals surface area contributed by atoms with Gasteiger partial charge in [-0.1, -0.05) is 17.3 Å². The molecule has 3 N–H and O–H groups in total. The van der Waals surface area contributed by atoms with Crippen LogP contribution in [-0.4, -0.2) is 30.3 Å². The number of primary amides is 1. The number of carbonyl (C=O) groups is 1. The number of benzene rings is 1. The van der Waals surface area contributed by atoms with Crippen LogP contribution in [0.2, 0.25) is 0 Å². The van der Waals surface area contributed by atoms with Crippen LogP contribution >= 0.6 is 22.6 Å². The van der Waals surface area contributed by atoms with Gasteiger partial charge in [0.25, 0.3) is 11.5 Å². The van der Waals surface area contributed by atoms with Crippen LogP contribution in [0.5, 0.6) is 0 Å². The zero-order valence-corrected chi connectivity index (χ0v) is 16.9. The van der Waals surface area contributed by atoms with Gasteiger partial charge in [0.2, 0.25) is 5.89 Å². The van der Waals surface area contributed by atoms with Gasteiger partial charge >= 0.3 is 5.69 Å². The molecule has 0 spiro atoms. The third-order valence-electron chi connectivity index (χ3n) is 4.06. The van der Waals surface area contributed by atoms with Gasteiger partial charge in [0.15, 0.2) is 5.82 Å². The highest BCUT2D eigenvalue weighted by Gasteiger charge is 2.17. The van der Waals surface area contributed by atoms with Gasteiger partial charge in [0.1, 0.15) is 12.1 Å². The van der Waals surface area contributed by atoms with Crippen molar-refractivity contribution in [3.05, 3.63) is 77.7 Å². The number of hydrogen-bond acceptors (Lipinski definition) is 7. The summed E-state index contributed by atoms with van der Waals surface area (Å²) in [6, 6.07) is 7.37. The van der Waals surface area contributed by atoms with E-state index in [-0.39, 0.29) is 30.2 Å². The molecule has 3 rings (SSSR count). The van der Waals surface area contributed by atoms with Crippen LogP contribution in [0.3, 0.4) is 0 Å². The highest BCUT2D eigenvalue weighted by Crippen LogP contribution is 2.18. The summed E-state index contributed by atoms with van der Waals surface area (Å²) >= 11 is 2.17. The van der Waals surface area contributed by atoms with Crippen molar-refractivity contribution in [2.24, 2.45) is 12.8 Å². The van der Waals surface area contributed by atoms with Crippen LogP contribution in [0.4, 0.5) is 0 Å². The monoisotopic (exact) mass is 497 g/mol. The maximum atomic E-state index is 12.2. The minimum absolute atomic E-state index is 0.0842. The number of halogens is 1. The number of nitrogens with zero attached hydrogens (tertiary/aromatic N) is 4. The molecule has 0 saturated carbocycles. The summed E-state index contributed by atoms with van der Waals surface area (Å²) in [6.07, 6.45) is 0.375. The fraction of sp³-hybridized carbons (Fsp3) is 0.235. The van der Waals surface area contributed by atoms with Crippen LogP contribution in [-0.2, 0) is 20.0 Å². The molecule has 0 fully saturated rings. The highest BCUT2D eigenvalue weighted by molar-refractivity contribution is 14.1. The van der Waals surface area contributed by atoms with Gasteiger partial charge in [-0.3, -0.25) is 18.7 Å². The second-order valence-electron chi connectivity index (χ2n) is 6.06. The number of rotatable bonds is 6. The van der Waals surface area contributed by atoms with Gasteiger partial charge < -0.3 is 15.4 Å². The van der Waals surface area contributed by atoms with Gasteiger partial charge in [-0.05, 0) is 40.3 Å². The van der Waals surface area contributed by atoms with Gasteiger partial charge in [-0.15, -0.1) is 0 Å². The smallest absolute Gasteiger partial charge is 0.331 e. The van der Waals surface area contributed by atoms with Crippen molar-refractivity contribution in [1.82, 2.24) is 19.3 Å². The van der Waals surface area contributed by atoms with Gasteiger partial charge in [-0.25, -0.2) is 4.79 Å². The third kappa shape index (κ3) is 4.20. The lowest BCUT2D eigenvalue weighted by atomic mass is 10.1. The fourth-order valence-corrected chi connectivity index (χ4v) is 2.93. The molecule has 0 unspecified atom stereocenters. The van der Waals surface area contributed by atoms with Crippen molar-refractivity contribution < 1.29 is 14.4 Å². The molecule has 0 bridgehead atoms. The normalized spacial score (nSPS) is 12.1. The molecule has 2 heterocycles. The maximum Gasteiger partial charge on any atom is 0.331 e. The predicted molar refractivity (Wildman–Crippen MR) is 106 cm³/mol. The van der Waals surface area contributed by atoms with Crippen LogP contribution in [0.1, 0.15) is 33.7 Å². The fourth-order valence-electron chi connectivity index (χ4n) is 2.57. The Bertz CT molecular complexity index is 1130. The summed E-state index contributed by atoms with van der Waals surface area (Å²) in [7, 11) is 1.24. The average Bonchev–Trinajstić information content (AvgIpc) is 3.09. The molecule has 146 valence electrons. The molecule has 1 amide bonds. The van der Waals surface area contributed by atoms with Crippen molar-refractivity contribution in [2.45, 2.75) is 19.1 Å². The Hall–Kier alpha value is -2.80. The number of hydrogen-bond donors (Lipinski definition) is 2. The van der Waals surface area contributed by atoms with Gasteiger partial charge in [-0.2, -0.15) is 4.98 Å². The molecule has 11 heteroatoms. The number of nitrogens with two attached hydrogens (primary N) is 1. The van der Waals surface area contributed by atoms with Crippen molar-refractivity contribution in [1.29, 1.82) is 0 Å². The lowest BCUT2D eigenvalue weighted by Crippen LogP contribution is -2.41. The quantitative estimate of drug-likeness (QED) is 0.455. The zero-order valence-electron chi connectivity index (χ0n) is 14.7. The molecule has 0 radical (unpaired) electrons. The van der Waals surface area contributed by atoms with E-state index in [2.05, 4.69) is 32.7 Å². The second-order valence-corrected chi connectivity index (χ2v) is 7.30. The SMILES string of the molecule is Cn1c(=O)c(C(N)=O)cn(Cc2nc(C[C@H](O)c3ccc(I)cc3)no2)c1=O. The number of aromatic nitrogens is 4. The average molecular weight is 497 g/mol. The maximum absolute atomic E-state index is 12.2. The molecule has 0 aliphatic carbocycles. The molecule has 0 aliphatic heterocycles. The van der Waals surface area contributed by atoms with Crippen molar-refractivity contribution in [3.8, 4) is 0 Å². The van der Waals surface area contributed by atoms with Crippen molar-refractivity contribution >= 4 is 28.5 Å². The summed E-state index contributed by atoms with van der Waals surface area (Å²) in [6.45, 7) is -0.153. The molecule has 3 aromatic rings. The molecular formula is C17H16IN5O5. The van der Waals surface area contributed by atoms with E-state index >= 15 is 0 Å². The lowest BCUT2D eigenvalue weighted by Gasteiger charge is -2.08. The Morgan fingerprint density at radius 1 is 1.32 bits per heavy atom. The first-order valence-electron chi connectivity index (χ1n) is 8.11. The first-order valence-corrected chi connectivity index (χ1v) is 9.19. The molecule has 1 atom stereocenters. The summed E-state index contributed by atoms with van der Waals surface area (Å²) in [4.78, 5) is 39.6. The van der Waals surface area contributed by atoms with Crippen LogP contribution in [0.25, 0.3) is 0 Å². The summed E-state index contributed by atoms with van der Waals surface area (Å²) in [5.74, 6) is -0.601. The second kappa shape index (κ2) is 8.06. The number of aliphatic hydroxyl groups is 1. The lowest BCUT2D eigenvalue weighted by molar-refractivity contribution is 0.0997. The first kappa shape index (κ1) is 19.9.